The standard InChI is InChI=1S/C10H17F5O5/c11-7-19-6-10(14,15)20-4-8(17)3-18-5-9(12,13)1-2-16/h8,16-17H,1-7H2. The third kappa shape index (κ3) is 10.3. The highest BCUT2D eigenvalue weighted by molar-refractivity contribution is 4.65. The Bertz CT molecular complexity index is 254. The second kappa shape index (κ2) is 9.40. The molecule has 0 rings (SSSR count). The van der Waals surface area contributed by atoms with Gasteiger partial charge >= 0.3 is 6.11 Å². The fourth-order valence-corrected chi connectivity index (χ4v) is 1.05. The van der Waals surface area contributed by atoms with E-state index in [-0.39, 0.29) is 0 Å². The lowest BCUT2D eigenvalue weighted by Gasteiger charge is -2.20. The fraction of sp³-hybridized carbons (Fsp3) is 1.00. The number of rotatable bonds is 12. The summed E-state index contributed by atoms with van der Waals surface area (Å²) in [5, 5.41) is 17.5. The van der Waals surface area contributed by atoms with Crippen molar-refractivity contribution in [1.29, 1.82) is 0 Å². The van der Waals surface area contributed by atoms with Gasteiger partial charge in [0.1, 0.15) is 19.3 Å². The van der Waals surface area contributed by atoms with E-state index >= 15 is 0 Å². The normalized spacial score (nSPS) is 14.6. The summed E-state index contributed by atoms with van der Waals surface area (Å²) in [6.07, 6.45) is -6.16. The maximum absolute atomic E-state index is 12.8. The molecule has 0 aliphatic heterocycles. The summed E-state index contributed by atoms with van der Waals surface area (Å²) >= 11 is 0. The van der Waals surface area contributed by atoms with Crippen LogP contribution >= 0.6 is 0 Å². The largest absolute Gasteiger partial charge is 0.396 e. The summed E-state index contributed by atoms with van der Waals surface area (Å²) in [5.41, 5.74) is 0. The van der Waals surface area contributed by atoms with E-state index in [1.165, 1.54) is 0 Å². The molecule has 0 aliphatic carbocycles. The van der Waals surface area contributed by atoms with Gasteiger partial charge in [-0.3, -0.25) is 0 Å². The van der Waals surface area contributed by atoms with Crippen LogP contribution in [0.25, 0.3) is 0 Å². The molecular formula is C10H17F5O5. The minimum absolute atomic E-state index is 0.652. The zero-order chi connectivity index (χ0) is 15.6. The third-order valence-corrected chi connectivity index (χ3v) is 1.94. The molecule has 0 amide bonds. The van der Waals surface area contributed by atoms with Gasteiger partial charge in [-0.1, -0.05) is 0 Å². The lowest BCUT2D eigenvalue weighted by Crippen LogP contribution is -2.34. The minimum Gasteiger partial charge on any atom is -0.396 e. The van der Waals surface area contributed by atoms with Gasteiger partial charge in [0.05, 0.1) is 13.2 Å². The first-order chi connectivity index (χ1) is 9.22. The van der Waals surface area contributed by atoms with Crippen molar-refractivity contribution in [3.05, 3.63) is 0 Å². The van der Waals surface area contributed by atoms with Crippen LogP contribution in [0, 0.1) is 0 Å². The Kier molecular flexibility index (Phi) is 9.14. The predicted octanol–water partition coefficient (Wildman–Crippen LogP) is 0.935. The Morgan fingerprint density at radius 3 is 2.20 bits per heavy atom. The summed E-state index contributed by atoms with van der Waals surface area (Å²) in [6, 6.07) is 0. The first-order valence-corrected chi connectivity index (χ1v) is 5.62. The van der Waals surface area contributed by atoms with E-state index in [0.717, 1.165) is 0 Å². The second-order valence-electron chi connectivity index (χ2n) is 3.90. The topological polar surface area (TPSA) is 68.2 Å². The summed E-state index contributed by atoms with van der Waals surface area (Å²) in [5.74, 6) is -3.27. The van der Waals surface area contributed by atoms with Gasteiger partial charge in [0, 0.05) is 13.0 Å². The monoisotopic (exact) mass is 312 g/mol. The molecule has 0 aromatic rings. The summed E-state index contributed by atoms with van der Waals surface area (Å²) < 4.78 is 74.8. The Balaban J connectivity index is 3.81. The lowest BCUT2D eigenvalue weighted by molar-refractivity contribution is -0.277. The van der Waals surface area contributed by atoms with E-state index in [0.29, 0.717) is 0 Å². The van der Waals surface area contributed by atoms with E-state index < -0.39 is 64.5 Å². The smallest absolute Gasteiger partial charge is 0.379 e. The zero-order valence-corrected chi connectivity index (χ0v) is 10.5. The van der Waals surface area contributed by atoms with Crippen molar-refractivity contribution in [3.8, 4) is 0 Å². The average molecular weight is 312 g/mol. The van der Waals surface area contributed by atoms with E-state index in [1.807, 2.05) is 0 Å². The van der Waals surface area contributed by atoms with Crippen LogP contribution in [0.2, 0.25) is 0 Å². The highest BCUT2D eigenvalue weighted by Crippen LogP contribution is 2.18. The van der Waals surface area contributed by atoms with Crippen LogP contribution in [0.5, 0.6) is 0 Å². The SMILES string of the molecule is OCCC(F)(F)COCC(O)COC(F)(F)COCF. The van der Waals surface area contributed by atoms with E-state index in [1.54, 1.807) is 0 Å². The molecule has 10 heteroatoms. The first kappa shape index (κ1) is 19.4. The predicted molar refractivity (Wildman–Crippen MR) is 56.3 cm³/mol. The van der Waals surface area contributed by atoms with Gasteiger partial charge in [-0.15, -0.1) is 0 Å². The van der Waals surface area contributed by atoms with Gasteiger partial charge in [0.2, 0.25) is 0 Å². The average Bonchev–Trinajstić information content (AvgIpc) is 2.34. The van der Waals surface area contributed by atoms with Crippen molar-refractivity contribution >= 4 is 0 Å². The van der Waals surface area contributed by atoms with Crippen LogP contribution in [-0.2, 0) is 14.2 Å². The van der Waals surface area contributed by atoms with Gasteiger partial charge in [0.15, 0.2) is 6.86 Å². The Hall–Kier alpha value is -0.550. The summed E-state index contributed by atoms with van der Waals surface area (Å²) in [4.78, 5) is 0. The fourth-order valence-electron chi connectivity index (χ4n) is 1.05. The zero-order valence-electron chi connectivity index (χ0n) is 10.5. The molecule has 0 aliphatic rings. The highest BCUT2D eigenvalue weighted by atomic mass is 19.3. The third-order valence-electron chi connectivity index (χ3n) is 1.94. The Morgan fingerprint density at radius 1 is 1.00 bits per heavy atom. The molecule has 0 bridgehead atoms. The van der Waals surface area contributed by atoms with E-state index in [9.17, 15) is 27.1 Å². The number of ether oxygens (including phenoxy) is 3. The summed E-state index contributed by atoms with van der Waals surface area (Å²) in [6.45, 7) is -6.08. The number of hydrogen-bond acceptors (Lipinski definition) is 5. The molecule has 1 atom stereocenters. The van der Waals surface area contributed by atoms with Crippen molar-refractivity contribution in [1.82, 2.24) is 0 Å². The molecule has 0 saturated carbocycles. The Labute approximate surface area is 112 Å². The van der Waals surface area contributed by atoms with Crippen LogP contribution in [-0.4, -0.2) is 68.2 Å². The maximum atomic E-state index is 12.8. The van der Waals surface area contributed by atoms with E-state index in [4.69, 9.17) is 5.11 Å². The molecule has 0 radical (unpaired) electrons. The van der Waals surface area contributed by atoms with Crippen LogP contribution in [0.3, 0.4) is 0 Å². The van der Waals surface area contributed by atoms with Gasteiger partial charge in [-0.05, 0) is 0 Å². The molecule has 0 saturated heterocycles. The van der Waals surface area contributed by atoms with Crippen LogP contribution < -0.4 is 0 Å². The lowest BCUT2D eigenvalue weighted by atomic mass is 10.2. The Morgan fingerprint density at radius 2 is 1.65 bits per heavy atom. The molecule has 1 unspecified atom stereocenters. The second-order valence-corrected chi connectivity index (χ2v) is 3.90. The van der Waals surface area contributed by atoms with Crippen LogP contribution in [0.1, 0.15) is 6.42 Å². The molecule has 0 aromatic carbocycles. The molecule has 0 spiro atoms. The number of aliphatic hydroxyl groups is 2. The molecule has 122 valence electrons. The van der Waals surface area contributed by atoms with Gasteiger partial charge in [-0.25, -0.2) is 13.2 Å². The minimum atomic E-state index is -3.80. The molecule has 2 N–H and O–H groups in total. The number of alkyl halides is 5. The highest BCUT2D eigenvalue weighted by Gasteiger charge is 2.32. The van der Waals surface area contributed by atoms with Gasteiger partial charge < -0.3 is 24.4 Å². The van der Waals surface area contributed by atoms with Crippen LogP contribution in [0.15, 0.2) is 0 Å². The number of halogens is 5. The number of hydrogen-bond donors (Lipinski definition) is 2. The van der Waals surface area contributed by atoms with Crippen molar-refractivity contribution in [2.45, 2.75) is 24.6 Å². The summed E-state index contributed by atoms with van der Waals surface area (Å²) in [7, 11) is 0. The first-order valence-electron chi connectivity index (χ1n) is 5.62. The van der Waals surface area contributed by atoms with Crippen LogP contribution in [0.4, 0.5) is 22.0 Å². The molecule has 0 aromatic heterocycles. The van der Waals surface area contributed by atoms with E-state index in [2.05, 4.69) is 14.2 Å². The van der Waals surface area contributed by atoms with Crippen molar-refractivity contribution in [2.75, 3.05) is 39.9 Å². The van der Waals surface area contributed by atoms with Crippen molar-refractivity contribution in [2.24, 2.45) is 0 Å². The molecule has 20 heavy (non-hydrogen) atoms. The van der Waals surface area contributed by atoms with Crippen molar-refractivity contribution < 1.29 is 46.4 Å². The molecular weight excluding hydrogens is 295 g/mol. The molecule has 0 fully saturated rings. The van der Waals surface area contributed by atoms with Gasteiger partial charge in [-0.2, -0.15) is 8.78 Å². The maximum Gasteiger partial charge on any atom is 0.379 e. The van der Waals surface area contributed by atoms with Crippen molar-refractivity contribution in [3.63, 3.8) is 0 Å². The molecule has 5 nitrogen and oxygen atoms in total. The quantitative estimate of drug-likeness (QED) is 0.525. The molecule has 0 heterocycles. The van der Waals surface area contributed by atoms with Gasteiger partial charge in [0.25, 0.3) is 5.92 Å². The number of aliphatic hydroxyl groups excluding tert-OH is 2.